The highest BCUT2D eigenvalue weighted by atomic mass is 19.1. The molecule has 0 aliphatic carbocycles. The van der Waals surface area contributed by atoms with E-state index in [4.69, 9.17) is 0 Å². The fraction of sp³-hybridized carbons (Fsp3) is 0.200. The fourth-order valence-electron chi connectivity index (χ4n) is 3.13. The number of carbonyl (C=O) groups excluding carboxylic acids is 1. The average Bonchev–Trinajstić information content (AvgIpc) is 2.65. The number of aromatic amines is 1. The first-order valence-corrected chi connectivity index (χ1v) is 8.57. The Bertz CT molecular complexity index is 1230. The summed E-state index contributed by atoms with van der Waals surface area (Å²) in [5.41, 5.74) is -0.622. The predicted octanol–water partition coefficient (Wildman–Crippen LogP) is 2.94. The highest BCUT2D eigenvalue weighted by Gasteiger charge is 2.21. The molecule has 3 aromatic rings. The Morgan fingerprint density at radius 2 is 2.03 bits per heavy atom. The minimum absolute atomic E-state index is 0.102. The summed E-state index contributed by atoms with van der Waals surface area (Å²) in [6.07, 6.45) is 0.331. The van der Waals surface area contributed by atoms with E-state index in [9.17, 15) is 28.0 Å². The van der Waals surface area contributed by atoms with Crippen molar-refractivity contribution in [3.8, 4) is 6.07 Å². The molecular weight excluding hydrogens is 385 g/mol. The Morgan fingerprint density at radius 3 is 2.69 bits per heavy atom. The van der Waals surface area contributed by atoms with Crippen LogP contribution in [0.1, 0.15) is 35.3 Å². The van der Waals surface area contributed by atoms with Gasteiger partial charge >= 0.3 is 0 Å². The summed E-state index contributed by atoms with van der Waals surface area (Å²) in [5.74, 6) is -3.01. The van der Waals surface area contributed by atoms with Gasteiger partial charge in [-0.05, 0) is 31.5 Å². The van der Waals surface area contributed by atoms with Gasteiger partial charge in [0.05, 0.1) is 35.4 Å². The first-order chi connectivity index (χ1) is 13.7. The third-order valence-electron chi connectivity index (χ3n) is 4.55. The van der Waals surface area contributed by atoms with Gasteiger partial charge in [0, 0.05) is 17.0 Å². The van der Waals surface area contributed by atoms with Crippen LogP contribution in [0.25, 0.3) is 10.9 Å². The largest absolute Gasteiger partial charge is 0.348 e. The zero-order valence-electron chi connectivity index (χ0n) is 15.4. The lowest BCUT2D eigenvalue weighted by atomic mass is 9.98. The molecule has 0 saturated heterocycles. The Labute approximate surface area is 163 Å². The average molecular weight is 400 g/mol. The number of hydrogen-bond acceptors (Lipinski definition) is 4. The van der Waals surface area contributed by atoms with Gasteiger partial charge < -0.3 is 10.3 Å². The van der Waals surface area contributed by atoms with Gasteiger partial charge in [-0.1, -0.05) is 0 Å². The zero-order chi connectivity index (χ0) is 21.3. The van der Waals surface area contributed by atoms with E-state index in [1.165, 1.54) is 26.0 Å². The number of hydrogen-bond donors (Lipinski definition) is 2. The molecule has 1 atom stereocenters. The third kappa shape index (κ3) is 3.82. The lowest BCUT2D eigenvalue weighted by Gasteiger charge is -2.15. The molecule has 0 fully saturated rings. The number of halogens is 3. The number of nitrogens with zero attached hydrogens (tertiary/aromatic N) is 2. The fourth-order valence-corrected chi connectivity index (χ4v) is 3.13. The van der Waals surface area contributed by atoms with Crippen molar-refractivity contribution in [3.05, 3.63) is 74.6 Å². The summed E-state index contributed by atoms with van der Waals surface area (Å²) in [6, 6.07) is 4.12. The van der Waals surface area contributed by atoms with Crippen LogP contribution in [0.2, 0.25) is 0 Å². The van der Waals surface area contributed by atoms with Gasteiger partial charge in [-0.25, -0.2) is 13.2 Å². The van der Waals surface area contributed by atoms with Crippen LogP contribution in [0.3, 0.4) is 0 Å². The molecule has 2 aromatic heterocycles. The highest BCUT2D eigenvalue weighted by molar-refractivity contribution is 5.90. The summed E-state index contributed by atoms with van der Waals surface area (Å²) in [4.78, 5) is 31.0. The summed E-state index contributed by atoms with van der Waals surface area (Å²) in [7, 11) is 0. The van der Waals surface area contributed by atoms with Crippen molar-refractivity contribution in [3.63, 3.8) is 0 Å². The molecule has 1 amide bonds. The molecule has 0 aliphatic heterocycles. The van der Waals surface area contributed by atoms with E-state index in [0.717, 1.165) is 6.20 Å². The molecule has 9 heteroatoms. The Hall–Kier alpha value is -3.67. The monoisotopic (exact) mass is 400 g/mol. The van der Waals surface area contributed by atoms with Crippen molar-refractivity contribution in [2.24, 2.45) is 0 Å². The lowest BCUT2D eigenvalue weighted by Crippen LogP contribution is -2.31. The van der Waals surface area contributed by atoms with Crippen molar-refractivity contribution < 1.29 is 18.0 Å². The quantitative estimate of drug-likeness (QED) is 0.704. The molecule has 0 aliphatic rings. The predicted molar refractivity (Wildman–Crippen MR) is 98.4 cm³/mol. The lowest BCUT2D eigenvalue weighted by molar-refractivity contribution is -0.121. The number of benzene rings is 1. The second-order valence-corrected chi connectivity index (χ2v) is 6.50. The topological polar surface area (TPSA) is 98.6 Å². The van der Waals surface area contributed by atoms with Crippen LogP contribution in [0.5, 0.6) is 0 Å². The summed E-state index contributed by atoms with van der Waals surface area (Å²) >= 11 is 0. The van der Waals surface area contributed by atoms with Gasteiger partial charge in [-0.3, -0.25) is 14.6 Å². The van der Waals surface area contributed by atoms with Crippen molar-refractivity contribution in [2.75, 3.05) is 0 Å². The number of nitriles is 1. The molecule has 2 heterocycles. The molecule has 2 N–H and O–H groups in total. The number of rotatable bonds is 4. The molecular formula is C20H15F3N4O2. The Balaban J connectivity index is 1.94. The van der Waals surface area contributed by atoms with Crippen molar-refractivity contribution >= 4 is 16.8 Å². The van der Waals surface area contributed by atoms with E-state index in [1.807, 2.05) is 6.07 Å². The smallest absolute Gasteiger partial charge is 0.253 e. The van der Waals surface area contributed by atoms with Crippen LogP contribution in [0, 0.1) is 35.7 Å². The number of pyridine rings is 2. The number of H-pyrrole nitrogens is 1. The van der Waals surface area contributed by atoms with Crippen LogP contribution in [-0.2, 0) is 11.2 Å². The summed E-state index contributed by atoms with van der Waals surface area (Å²) in [6.45, 7) is 2.91. The van der Waals surface area contributed by atoms with Crippen molar-refractivity contribution in [1.82, 2.24) is 15.3 Å². The van der Waals surface area contributed by atoms with E-state index in [2.05, 4.69) is 15.3 Å². The summed E-state index contributed by atoms with van der Waals surface area (Å²) < 4.78 is 40.8. The minimum Gasteiger partial charge on any atom is -0.348 e. The number of fused-ring (bicyclic) bond motifs is 1. The number of nitrogens with one attached hydrogen (secondary N) is 2. The molecule has 6 nitrogen and oxygen atoms in total. The highest BCUT2D eigenvalue weighted by Crippen LogP contribution is 2.24. The van der Waals surface area contributed by atoms with Crippen LogP contribution in [0.15, 0.2) is 29.2 Å². The maximum atomic E-state index is 13.9. The second-order valence-electron chi connectivity index (χ2n) is 6.50. The van der Waals surface area contributed by atoms with E-state index in [-0.39, 0.29) is 33.3 Å². The number of aryl methyl sites for hydroxylation is 1. The number of amides is 1. The van der Waals surface area contributed by atoms with Gasteiger partial charge in [0.1, 0.15) is 23.5 Å². The molecule has 29 heavy (non-hydrogen) atoms. The molecule has 148 valence electrons. The normalized spacial score (nSPS) is 11.9. The van der Waals surface area contributed by atoms with Crippen LogP contribution in [-0.4, -0.2) is 15.9 Å². The van der Waals surface area contributed by atoms with Gasteiger partial charge in [0.2, 0.25) is 5.91 Å². The van der Waals surface area contributed by atoms with Gasteiger partial charge in [0.25, 0.3) is 5.56 Å². The van der Waals surface area contributed by atoms with E-state index < -0.39 is 41.4 Å². The third-order valence-corrected chi connectivity index (χ3v) is 4.55. The molecule has 0 spiro atoms. The van der Waals surface area contributed by atoms with E-state index in [1.54, 1.807) is 0 Å². The number of aromatic nitrogens is 2. The van der Waals surface area contributed by atoms with Gasteiger partial charge in [-0.2, -0.15) is 5.26 Å². The molecule has 3 rings (SSSR count). The van der Waals surface area contributed by atoms with Crippen molar-refractivity contribution in [1.29, 1.82) is 5.26 Å². The van der Waals surface area contributed by atoms with Crippen LogP contribution >= 0.6 is 0 Å². The second kappa shape index (κ2) is 7.75. The Kier molecular flexibility index (Phi) is 5.37. The maximum Gasteiger partial charge on any atom is 0.253 e. The first kappa shape index (κ1) is 20.1. The zero-order valence-corrected chi connectivity index (χ0v) is 15.4. The molecule has 0 unspecified atom stereocenters. The molecule has 0 radical (unpaired) electrons. The van der Waals surface area contributed by atoms with Crippen LogP contribution < -0.4 is 10.9 Å². The first-order valence-electron chi connectivity index (χ1n) is 8.57. The standard InChI is InChI=1S/C20H15F3N4O2/c1-9-14(22)3-4-16-18(9)13(7-24)12(20(29)27-16)6-17(28)26-10(2)19-15(23)5-11(21)8-25-19/h3-5,8,10H,6H2,1-2H3,(H,26,28)(H,27,29)/t10-/m1/s1. The summed E-state index contributed by atoms with van der Waals surface area (Å²) in [5, 5.41) is 12.2. The molecule has 0 saturated carbocycles. The van der Waals surface area contributed by atoms with Crippen molar-refractivity contribution in [2.45, 2.75) is 26.3 Å². The van der Waals surface area contributed by atoms with Gasteiger partial charge in [-0.15, -0.1) is 0 Å². The van der Waals surface area contributed by atoms with Crippen LogP contribution in [0.4, 0.5) is 13.2 Å². The molecule has 1 aromatic carbocycles. The molecule has 0 bridgehead atoms. The van der Waals surface area contributed by atoms with E-state index in [0.29, 0.717) is 6.07 Å². The SMILES string of the molecule is Cc1c(F)ccc2[nH]c(=O)c(CC(=O)N[C@H](C)c3ncc(F)cc3F)c(C#N)c12. The number of carbonyl (C=O) groups is 1. The maximum absolute atomic E-state index is 13.9. The van der Waals surface area contributed by atoms with Gasteiger partial charge in [0.15, 0.2) is 0 Å². The minimum atomic E-state index is -0.926. The van der Waals surface area contributed by atoms with E-state index >= 15 is 0 Å². The Morgan fingerprint density at radius 1 is 1.31 bits per heavy atom.